The van der Waals surface area contributed by atoms with E-state index in [1.807, 2.05) is 0 Å². The first-order chi connectivity index (χ1) is 38.2. The summed E-state index contributed by atoms with van der Waals surface area (Å²) in [6.45, 7) is 0. The van der Waals surface area contributed by atoms with Crippen molar-refractivity contribution in [3.05, 3.63) is 182 Å². The summed E-state index contributed by atoms with van der Waals surface area (Å²) in [4.78, 5) is 8.82. The second-order valence-corrected chi connectivity index (χ2v) is 14.6. The van der Waals surface area contributed by atoms with Gasteiger partial charge in [0.2, 0.25) is 0 Å². The van der Waals surface area contributed by atoms with Crippen LogP contribution in [0, 0.1) is 0 Å². The quantitative estimate of drug-likeness (QED) is 0.174. The van der Waals surface area contributed by atoms with Crippen molar-refractivity contribution in [3.63, 3.8) is 0 Å². The van der Waals surface area contributed by atoms with Crippen molar-refractivity contribution in [2.75, 3.05) is 0 Å². The van der Waals surface area contributed by atoms with Gasteiger partial charge in [-0.2, -0.15) is 0 Å². The zero-order valence-electron chi connectivity index (χ0n) is 52.6. The Labute approximate surface area is 369 Å². The number of hydrogen-bond donors (Lipinski definition) is 0. The highest BCUT2D eigenvalue weighted by molar-refractivity contribution is 7.26. The fourth-order valence-corrected chi connectivity index (χ4v) is 8.96. The van der Waals surface area contributed by atoms with E-state index in [1.54, 1.807) is 0 Å². The number of fused-ring (bicyclic) bond motifs is 9. The minimum atomic E-state index is -0.777. The molecule has 4 heterocycles. The Bertz CT molecular complexity index is 4950. The van der Waals surface area contributed by atoms with Crippen LogP contribution in [0.4, 0.5) is 0 Å². The zero-order chi connectivity index (χ0) is 58.3. The van der Waals surface area contributed by atoms with Crippen LogP contribution < -0.4 is 0 Å². The van der Waals surface area contributed by atoms with E-state index in [0.29, 0.717) is 0 Å². The summed E-state index contributed by atoms with van der Waals surface area (Å²) in [7, 11) is 0. The summed E-state index contributed by atoms with van der Waals surface area (Å²) in [5.74, 6) is 0. The average molecular weight is 787 g/mol. The van der Waals surface area contributed by atoms with Gasteiger partial charge < -0.3 is 4.42 Å². The summed E-state index contributed by atoms with van der Waals surface area (Å²) < 4.78 is 220. The van der Waals surface area contributed by atoms with Crippen molar-refractivity contribution < 1.29 is 37.3 Å². The Kier molecular flexibility index (Phi) is 3.75. The smallest absolute Gasteiger partial charge is 0.180 e. The van der Waals surface area contributed by atoms with E-state index in [4.69, 9.17) is 33.2 Å². The van der Waals surface area contributed by atoms with E-state index in [9.17, 15) is 4.11 Å². The van der Waals surface area contributed by atoms with Gasteiger partial charge in [0.25, 0.3) is 0 Å². The first-order valence-corrected chi connectivity index (χ1v) is 18.7. The van der Waals surface area contributed by atoms with Gasteiger partial charge >= 0.3 is 0 Å². The molecule has 0 saturated carbocycles. The van der Waals surface area contributed by atoms with Crippen LogP contribution in [0.5, 0.6) is 0 Å². The molecule has 0 bridgehead atoms. The average Bonchev–Trinajstić information content (AvgIpc) is 2.63. The third-order valence-corrected chi connectivity index (χ3v) is 11.6. The van der Waals surface area contributed by atoms with Crippen LogP contribution in [-0.2, 0) is 0 Å². The fraction of sp³-hybridized carbons (Fsp3) is 0. The van der Waals surface area contributed by atoms with Crippen LogP contribution >= 0.6 is 22.7 Å². The number of thiophene rings is 2. The topological polar surface area (TPSA) is 38.9 Å². The second kappa shape index (κ2) is 12.8. The molecule has 266 valence electrons. The monoisotopic (exact) mass is 786 g/mol. The number of nitrogens with zero attached hydrogens (tertiary/aromatic N) is 2. The minimum Gasteiger partial charge on any atom is -0.452 e. The number of hydrogen-bond acceptors (Lipinski definition) is 5. The van der Waals surface area contributed by atoms with Gasteiger partial charge in [-0.25, -0.2) is 9.97 Å². The van der Waals surface area contributed by atoms with Crippen LogP contribution in [0.3, 0.4) is 0 Å². The summed E-state index contributed by atoms with van der Waals surface area (Å²) in [5, 5.41) is -0.106. The molecular formula is C52H30N2OS2. The summed E-state index contributed by atoms with van der Waals surface area (Å²) in [5.41, 5.74) is -2.57. The molecule has 5 heteroatoms. The highest BCUT2D eigenvalue weighted by Crippen LogP contribution is 2.43. The van der Waals surface area contributed by atoms with E-state index >= 15 is 0 Å². The summed E-state index contributed by atoms with van der Waals surface area (Å²) >= 11 is 1.59. The first-order valence-electron chi connectivity index (χ1n) is 29.1. The highest BCUT2D eigenvalue weighted by Gasteiger charge is 2.18. The van der Waals surface area contributed by atoms with Crippen molar-refractivity contribution in [2.45, 2.75) is 0 Å². The molecular weight excluding hydrogens is 733 g/mol. The van der Waals surface area contributed by atoms with Crippen LogP contribution in [0.2, 0.25) is 0 Å². The molecule has 12 aromatic rings. The maximum atomic E-state index is 9.66. The molecule has 0 N–H and O–H groups in total. The van der Waals surface area contributed by atoms with Crippen molar-refractivity contribution in [1.29, 1.82) is 0 Å². The lowest BCUT2D eigenvalue weighted by molar-refractivity contribution is 0.667. The van der Waals surface area contributed by atoms with E-state index < -0.39 is 161 Å². The van der Waals surface area contributed by atoms with Gasteiger partial charge in [-0.3, -0.25) is 0 Å². The van der Waals surface area contributed by atoms with Crippen molar-refractivity contribution in [1.82, 2.24) is 9.97 Å². The number of rotatable bonds is 5. The zero-order valence-corrected chi connectivity index (χ0v) is 30.2. The number of aromatic nitrogens is 2. The third kappa shape index (κ3) is 5.24. The number of furan rings is 1. The maximum absolute atomic E-state index is 9.66. The van der Waals surface area contributed by atoms with E-state index in [1.165, 1.54) is 18.2 Å². The lowest BCUT2D eigenvalue weighted by atomic mass is 9.96. The lowest BCUT2D eigenvalue weighted by Gasteiger charge is -2.09. The maximum Gasteiger partial charge on any atom is 0.180 e. The van der Waals surface area contributed by atoms with Crippen LogP contribution in [0.25, 0.3) is 118 Å². The standard InChI is InChI=1S/C52H30N2OS2/c1-3-22-46-40(16-1)42-20-8-18-38(51(42)56-46)35-13-5-10-31(26-35)33-12-7-15-37(28-33)48-50-49(54-30-53-48)44-29-34(24-25-45(44)55-50)32-11-6-14-36(27-32)39-19-9-21-43-41-17-2-4-23-47(41)57-52(39)43/h1-30H/i1D,2D,3D,4D,7D,8D,9D,10D,11D,12D,13D,14D,15D,16D,17D,18D,19D,20D,21D,22D,23D,26D,27D,28D. The molecule has 8 aromatic carbocycles. The predicted octanol–water partition coefficient (Wildman–Crippen LogP) is 15.4. The van der Waals surface area contributed by atoms with E-state index in [0.717, 1.165) is 41.1 Å². The van der Waals surface area contributed by atoms with Gasteiger partial charge in [-0.05, 0) is 86.9 Å². The summed E-state index contributed by atoms with van der Waals surface area (Å²) in [6.07, 6.45) is 1.07. The van der Waals surface area contributed by atoms with E-state index in [-0.39, 0.29) is 102 Å². The molecule has 0 aliphatic heterocycles. The molecule has 3 nitrogen and oxygen atoms in total. The molecule has 0 atom stereocenters. The second-order valence-electron chi connectivity index (χ2n) is 12.6. The Hall–Kier alpha value is -6.92. The molecule has 0 radical (unpaired) electrons. The van der Waals surface area contributed by atoms with E-state index in [2.05, 4.69) is 9.97 Å². The normalized spacial score (nSPS) is 17.8. The predicted molar refractivity (Wildman–Crippen MR) is 242 cm³/mol. The van der Waals surface area contributed by atoms with Crippen LogP contribution in [-0.4, -0.2) is 9.97 Å². The SMILES string of the molecule is [2H]c1cc([2H])c(-c2c([2H])c([2H])c([2H])c3c2sc2c([2H])c([2H])c([2H])c([2H])c23)c([2H])c1-c1ccc2oc3c(-c4c([2H])c([2H])c([2H])c(-c5c([2H])cc([2H])c(-c6c([2H])c([2H])c([2H])c7c6sc6c([2H])c([2H])c([2H])c([2H])c67)c5[2H])c4[2H])ncnc3c2c1. The molecule has 4 aromatic heterocycles. The Balaban J connectivity index is 1.04. The third-order valence-electron chi connectivity index (χ3n) is 9.39. The van der Waals surface area contributed by atoms with Crippen LogP contribution in [0.1, 0.15) is 32.9 Å². The molecule has 0 fully saturated rings. The van der Waals surface area contributed by atoms with Gasteiger partial charge in [-0.15, -0.1) is 22.7 Å². The molecule has 0 aliphatic rings. The fourth-order valence-electron chi connectivity index (χ4n) is 6.82. The number of benzene rings is 8. The van der Waals surface area contributed by atoms with Crippen LogP contribution in [0.15, 0.2) is 186 Å². The Morgan fingerprint density at radius 1 is 0.456 bits per heavy atom. The molecule has 0 spiro atoms. The molecule has 0 unspecified atom stereocenters. The van der Waals surface area contributed by atoms with Crippen molar-refractivity contribution >= 4 is 85.1 Å². The van der Waals surface area contributed by atoms with Gasteiger partial charge in [-0.1, -0.05) is 133 Å². The molecule has 12 rings (SSSR count). The van der Waals surface area contributed by atoms with Gasteiger partial charge in [0.15, 0.2) is 5.58 Å². The molecule has 0 saturated heterocycles. The van der Waals surface area contributed by atoms with Gasteiger partial charge in [0.05, 0.1) is 32.9 Å². The first kappa shape index (κ1) is 16.7. The van der Waals surface area contributed by atoms with Crippen molar-refractivity contribution in [2.24, 2.45) is 0 Å². The summed E-state index contributed by atoms with van der Waals surface area (Å²) in [6, 6.07) is -7.00. The Morgan fingerprint density at radius 2 is 1.00 bits per heavy atom. The molecule has 57 heavy (non-hydrogen) atoms. The lowest BCUT2D eigenvalue weighted by Crippen LogP contribution is -1.88. The van der Waals surface area contributed by atoms with Crippen molar-refractivity contribution in [3.8, 4) is 55.8 Å². The minimum absolute atomic E-state index is 0.0152. The Morgan fingerprint density at radius 3 is 1.68 bits per heavy atom. The van der Waals surface area contributed by atoms with Gasteiger partial charge in [0.1, 0.15) is 23.1 Å². The van der Waals surface area contributed by atoms with Gasteiger partial charge in [0, 0.05) is 51.3 Å². The highest BCUT2D eigenvalue weighted by atomic mass is 32.1. The molecule has 0 aliphatic carbocycles. The largest absolute Gasteiger partial charge is 0.452 e. The molecule has 0 amide bonds.